The average molecular weight is 171 g/mol. The van der Waals surface area contributed by atoms with Crippen molar-refractivity contribution in [3.63, 3.8) is 0 Å². The first-order valence-electron chi connectivity index (χ1n) is 5.09. The molecule has 0 saturated carbocycles. The Labute approximate surface area is 75.6 Å². The highest BCUT2D eigenvalue weighted by Crippen LogP contribution is 2.19. The van der Waals surface area contributed by atoms with Crippen molar-refractivity contribution in [1.29, 1.82) is 0 Å². The standard InChI is InChI=1S/C10H21NO/c1-9-4-3-5-10(2)11(8-9)6-7-12/h9-10,12H,3-8H2,1-2H3. The Morgan fingerprint density at radius 3 is 2.75 bits per heavy atom. The molecule has 1 N–H and O–H groups in total. The van der Waals surface area contributed by atoms with E-state index in [2.05, 4.69) is 18.7 Å². The van der Waals surface area contributed by atoms with Crippen molar-refractivity contribution in [3.05, 3.63) is 0 Å². The monoisotopic (exact) mass is 171 g/mol. The molecule has 0 aromatic carbocycles. The maximum atomic E-state index is 8.87. The fourth-order valence-electron chi connectivity index (χ4n) is 2.06. The molecule has 0 bridgehead atoms. The molecule has 2 nitrogen and oxygen atoms in total. The lowest BCUT2D eigenvalue weighted by atomic mass is 10.1. The molecule has 2 unspecified atom stereocenters. The van der Waals surface area contributed by atoms with Crippen LogP contribution >= 0.6 is 0 Å². The average Bonchev–Trinajstić information content (AvgIpc) is 2.16. The molecule has 0 aliphatic carbocycles. The summed E-state index contributed by atoms with van der Waals surface area (Å²) in [5.41, 5.74) is 0. The Kier molecular flexibility index (Phi) is 4.02. The van der Waals surface area contributed by atoms with Crippen molar-refractivity contribution >= 4 is 0 Å². The number of aliphatic hydroxyl groups is 1. The molecular formula is C10H21NO. The van der Waals surface area contributed by atoms with Crippen molar-refractivity contribution in [2.24, 2.45) is 5.92 Å². The highest BCUT2D eigenvalue weighted by Gasteiger charge is 2.19. The van der Waals surface area contributed by atoms with E-state index in [1.807, 2.05) is 0 Å². The number of rotatable bonds is 2. The van der Waals surface area contributed by atoms with Gasteiger partial charge in [-0.25, -0.2) is 0 Å². The molecule has 12 heavy (non-hydrogen) atoms. The Balaban J connectivity index is 2.42. The molecule has 1 aliphatic heterocycles. The van der Waals surface area contributed by atoms with Crippen LogP contribution in [0.25, 0.3) is 0 Å². The molecule has 1 saturated heterocycles. The van der Waals surface area contributed by atoms with E-state index >= 15 is 0 Å². The Morgan fingerprint density at radius 2 is 2.08 bits per heavy atom. The fourth-order valence-corrected chi connectivity index (χ4v) is 2.06. The van der Waals surface area contributed by atoms with Crippen LogP contribution in [-0.2, 0) is 0 Å². The van der Waals surface area contributed by atoms with Gasteiger partial charge < -0.3 is 5.11 Å². The molecule has 1 rings (SSSR count). The normalized spacial score (nSPS) is 33.2. The van der Waals surface area contributed by atoms with Crippen LogP contribution in [0, 0.1) is 5.92 Å². The zero-order valence-corrected chi connectivity index (χ0v) is 8.29. The maximum Gasteiger partial charge on any atom is 0.0558 e. The molecule has 1 aliphatic rings. The number of nitrogens with zero attached hydrogens (tertiary/aromatic N) is 1. The van der Waals surface area contributed by atoms with Gasteiger partial charge in [-0.2, -0.15) is 0 Å². The zero-order chi connectivity index (χ0) is 8.97. The molecular weight excluding hydrogens is 150 g/mol. The fraction of sp³-hybridized carbons (Fsp3) is 1.00. The smallest absolute Gasteiger partial charge is 0.0558 e. The van der Waals surface area contributed by atoms with Crippen LogP contribution in [0.15, 0.2) is 0 Å². The molecule has 0 aromatic heterocycles. The van der Waals surface area contributed by atoms with Crippen LogP contribution in [0.2, 0.25) is 0 Å². The highest BCUT2D eigenvalue weighted by atomic mass is 16.3. The minimum Gasteiger partial charge on any atom is -0.395 e. The molecule has 0 aromatic rings. The lowest BCUT2D eigenvalue weighted by Gasteiger charge is -2.27. The highest BCUT2D eigenvalue weighted by molar-refractivity contribution is 4.74. The lowest BCUT2D eigenvalue weighted by Crippen LogP contribution is -2.36. The summed E-state index contributed by atoms with van der Waals surface area (Å²) >= 11 is 0. The molecule has 72 valence electrons. The molecule has 2 atom stereocenters. The first-order chi connectivity index (χ1) is 5.74. The Bertz CT molecular complexity index is 127. The van der Waals surface area contributed by atoms with Crippen molar-refractivity contribution < 1.29 is 5.11 Å². The summed E-state index contributed by atoms with van der Waals surface area (Å²) in [6, 6.07) is 0.669. The van der Waals surface area contributed by atoms with Gasteiger partial charge in [0.25, 0.3) is 0 Å². The second kappa shape index (κ2) is 4.83. The third-order valence-electron chi connectivity index (χ3n) is 2.88. The predicted octanol–water partition coefficient (Wildman–Crippen LogP) is 1.49. The van der Waals surface area contributed by atoms with E-state index in [4.69, 9.17) is 5.11 Å². The summed E-state index contributed by atoms with van der Waals surface area (Å²) in [7, 11) is 0. The molecule has 2 heteroatoms. The van der Waals surface area contributed by atoms with Gasteiger partial charge in [-0.3, -0.25) is 4.90 Å². The summed E-state index contributed by atoms with van der Waals surface area (Å²) in [6.45, 7) is 6.90. The molecule has 0 spiro atoms. The second-order valence-corrected chi connectivity index (χ2v) is 4.10. The van der Waals surface area contributed by atoms with Gasteiger partial charge in [0.05, 0.1) is 6.61 Å². The minimum absolute atomic E-state index is 0.303. The number of likely N-dealkylation sites (tertiary alicyclic amines) is 1. The van der Waals surface area contributed by atoms with E-state index in [1.165, 1.54) is 25.8 Å². The molecule has 1 fully saturated rings. The van der Waals surface area contributed by atoms with Gasteiger partial charge in [0.15, 0.2) is 0 Å². The maximum absolute atomic E-state index is 8.87. The minimum atomic E-state index is 0.303. The summed E-state index contributed by atoms with van der Waals surface area (Å²) in [5.74, 6) is 0.807. The summed E-state index contributed by atoms with van der Waals surface area (Å²) in [5, 5.41) is 8.87. The van der Waals surface area contributed by atoms with Crippen LogP contribution in [0.5, 0.6) is 0 Å². The van der Waals surface area contributed by atoms with Gasteiger partial charge in [0, 0.05) is 19.1 Å². The van der Waals surface area contributed by atoms with E-state index in [0.29, 0.717) is 12.6 Å². The lowest BCUT2D eigenvalue weighted by molar-refractivity contribution is 0.149. The first kappa shape index (κ1) is 10.0. The van der Waals surface area contributed by atoms with Crippen LogP contribution in [-0.4, -0.2) is 35.7 Å². The van der Waals surface area contributed by atoms with Crippen molar-refractivity contribution in [3.8, 4) is 0 Å². The van der Waals surface area contributed by atoms with Crippen LogP contribution < -0.4 is 0 Å². The zero-order valence-electron chi connectivity index (χ0n) is 8.29. The van der Waals surface area contributed by atoms with E-state index in [9.17, 15) is 0 Å². The van der Waals surface area contributed by atoms with Gasteiger partial charge in [-0.1, -0.05) is 13.3 Å². The largest absolute Gasteiger partial charge is 0.395 e. The summed E-state index contributed by atoms with van der Waals surface area (Å²) in [6.07, 6.45) is 4.00. The number of aliphatic hydroxyl groups excluding tert-OH is 1. The Hall–Kier alpha value is -0.0800. The third-order valence-corrected chi connectivity index (χ3v) is 2.88. The second-order valence-electron chi connectivity index (χ2n) is 4.10. The van der Waals surface area contributed by atoms with Crippen molar-refractivity contribution in [1.82, 2.24) is 4.90 Å². The molecule has 1 heterocycles. The summed E-state index contributed by atoms with van der Waals surface area (Å²) in [4.78, 5) is 2.41. The van der Waals surface area contributed by atoms with Crippen LogP contribution in [0.3, 0.4) is 0 Å². The number of β-amino-alcohol motifs (C(OH)–C–C–N with tert-alkyl or cyclic N) is 1. The van der Waals surface area contributed by atoms with Crippen LogP contribution in [0.4, 0.5) is 0 Å². The topological polar surface area (TPSA) is 23.5 Å². The van der Waals surface area contributed by atoms with Gasteiger partial charge >= 0.3 is 0 Å². The SMILES string of the molecule is CC1CCCC(C)N(CCO)C1. The van der Waals surface area contributed by atoms with E-state index in [0.717, 1.165) is 12.5 Å². The van der Waals surface area contributed by atoms with Gasteiger partial charge in [-0.05, 0) is 25.7 Å². The van der Waals surface area contributed by atoms with Gasteiger partial charge in [-0.15, -0.1) is 0 Å². The van der Waals surface area contributed by atoms with Gasteiger partial charge in [0.1, 0.15) is 0 Å². The number of hydrogen-bond donors (Lipinski definition) is 1. The van der Waals surface area contributed by atoms with E-state index < -0.39 is 0 Å². The summed E-state index contributed by atoms with van der Waals surface area (Å²) < 4.78 is 0. The first-order valence-corrected chi connectivity index (χ1v) is 5.09. The molecule has 0 amide bonds. The Morgan fingerprint density at radius 1 is 1.33 bits per heavy atom. The van der Waals surface area contributed by atoms with Crippen molar-refractivity contribution in [2.45, 2.75) is 39.2 Å². The van der Waals surface area contributed by atoms with Crippen molar-refractivity contribution in [2.75, 3.05) is 19.7 Å². The third kappa shape index (κ3) is 2.76. The van der Waals surface area contributed by atoms with E-state index in [-0.39, 0.29) is 0 Å². The van der Waals surface area contributed by atoms with E-state index in [1.54, 1.807) is 0 Å². The quantitative estimate of drug-likeness (QED) is 0.680. The van der Waals surface area contributed by atoms with Gasteiger partial charge in [0.2, 0.25) is 0 Å². The number of hydrogen-bond acceptors (Lipinski definition) is 2. The predicted molar refractivity (Wildman–Crippen MR) is 51.1 cm³/mol. The molecule has 0 radical (unpaired) electrons. The van der Waals surface area contributed by atoms with Crippen LogP contribution in [0.1, 0.15) is 33.1 Å².